The molecule has 0 spiro atoms. The number of aryl methyl sites for hydroxylation is 1. The topological polar surface area (TPSA) is 43.8 Å². The van der Waals surface area contributed by atoms with Crippen LogP contribution in [0.1, 0.15) is 12.0 Å². The van der Waals surface area contributed by atoms with Crippen molar-refractivity contribution < 1.29 is 4.39 Å². The van der Waals surface area contributed by atoms with Gasteiger partial charge in [0.2, 0.25) is 5.95 Å². The Labute approximate surface area is 110 Å². The highest BCUT2D eigenvalue weighted by molar-refractivity contribution is 7.99. The Hall–Kier alpha value is -1.23. The summed E-state index contributed by atoms with van der Waals surface area (Å²) >= 11 is 1.99. The third-order valence-corrected chi connectivity index (χ3v) is 4.75. The largest absolute Gasteiger partial charge is 0.369 e. The minimum Gasteiger partial charge on any atom is -0.369 e. The van der Waals surface area contributed by atoms with Crippen LogP contribution in [0.4, 0.5) is 10.3 Å². The van der Waals surface area contributed by atoms with Crippen LogP contribution in [0, 0.1) is 18.7 Å². The van der Waals surface area contributed by atoms with E-state index in [4.69, 9.17) is 5.73 Å². The molecule has 0 amide bonds. The van der Waals surface area contributed by atoms with Crippen molar-refractivity contribution in [3.05, 3.63) is 23.5 Å². The number of aromatic nitrogens is 2. The van der Waals surface area contributed by atoms with E-state index in [9.17, 15) is 4.39 Å². The van der Waals surface area contributed by atoms with Gasteiger partial charge in [0.1, 0.15) is 5.82 Å². The summed E-state index contributed by atoms with van der Waals surface area (Å²) in [6.45, 7) is 2.66. The van der Waals surface area contributed by atoms with E-state index >= 15 is 0 Å². The standard InChI is InChI=1S/C13H16FN3S/c1-8-4-12-11(5-10(8)14)16-13(15)17(12)6-9-2-3-18-7-9/h4-5,9H,2-3,6-7H2,1H3,(H2,15,16). The quantitative estimate of drug-likeness (QED) is 0.908. The predicted molar refractivity (Wildman–Crippen MR) is 74.3 cm³/mol. The molecule has 5 heteroatoms. The number of hydrogen-bond donors (Lipinski definition) is 1. The monoisotopic (exact) mass is 265 g/mol. The smallest absolute Gasteiger partial charge is 0.201 e. The van der Waals surface area contributed by atoms with Crippen molar-refractivity contribution in [1.29, 1.82) is 0 Å². The Morgan fingerprint density at radius 1 is 1.56 bits per heavy atom. The van der Waals surface area contributed by atoms with Gasteiger partial charge in [0.05, 0.1) is 11.0 Å². The predicted octanol–water partition coefficient (Wildman–Crippen LogP) is 2.82. The minimum absolute atomic E-state index is 0.219. The molecule has 3 rings (SSSR count). The summed E-state index contributed by atoms with van der Waals surface area (Å²) in [7, 11) is 0. The van der Waals surface area contributed by atoms with Gasteiger partial charge in [0.25, 0.3) is 0 Å². The summed E-state index contributed by atoms with van der Waals surface area (Å²) in [5, 5.41) is 0. The molecule has 1 aliphatic rings. The van der Waals surface area contributed by atoms with Gasteiger partial charge in [-0.2, -0.15) is 11.8 Å². The average molecular weight is 265 g/mol. The molecule has 1 fully saturated rings. The van der Waals surface area contributed by atoms with Crippen molar-refractivity contribution in [3.8, 4) is 0 Å². The zero-order valence-electron chi connectivity index (χ0n) is 10.3. The molecule has 2 N–H and O–H groups in total. The van der Waals surface area contributed by atoms with Crippen molar-refractivity contribution >= 4 is 28.7 Å². The molecule has 2 aromatic rings. The van der Waals surface area contributed by atoms with E-state index in [0.29, 0.717) is 22.9 Å². The van der Waals surface area contributed by atoms with E-state index in [1.807, 2.05) is 22.4 Å². The molecule has 18 heavy (non-hydrogen) atoms. The summed E-state index contributed by atoms with van der Waals surface area (Å²) in [6, 6.07) is 3.32. The maximum Gasteiger partial charge on any atom is 0.201 e. The van der Waals surface area contributed by atoms with Crippen molar-refractivity contribution in [2.24, 2.45) is 5.92 Å². The number of nitrogens with zero attached hydrogens (tertiary/aromatic N) is 2. The fourth-order valence-electron chi connectivity index (χ4n) is 2.45. The molecule has 1 aliphatic heterocycles. The normalized spacial score (nSPS) is 19.8. The molecule has 0 bridgehead atoms. The van der Waals surface area contributed by atoms with Crippen molar-refractivity contribution in [2.45, 2.75) is 19.9 Å². The highest BCUT2D eigenvalue weighted by atomic mass is 32.2. The number of nitrogen functional groups attached to an aromatic ring is 1. The number of thioether (sulfide) groups is 1. The molecule has 1 unspecified atom stereocenters. The highest BCUT2D eigenvalue weighted by Gasteiger charge is 2.19. The number of benzene rings is 1. The lowest BCUT2D eigenvalue weighted by Crippen LogP contribution is -2.12. The zero-order chi connectivity index (χ0) is 12.7. The van der Waals surface area contributed by atoms with Crippen LogP contribution in [0.15, 0.2) is 12.1 Å². The van der Waals surface area contributed by atoms with Crippen LogP contribution >= 0.6 is 11.8 Å². The fraction of sp³-hybridized carbons (Fsp3) is 0.462. The SMILES string of the molecule is Cc1cc2c(cc1F)nc(N)n2CC1CCSC1. The molecule has 0 saturated carbocycles. The van der Waals surface area contributed by atoms with Crippen LogP contribution in [0.25, 0.3) is 11.0 Å². The van der Waals surface area contributed by atoms with Crippen molar-refractivity contribution in [1.82, 2.24) is 9.55 Å². The Balaban J connectivity index is 2.04. The second-order valence-electron chi connectivity index (χ2n) is 4.90. The first kappa shape index (κ1) is 11.8. The maximum atomic E-state index is 13.5. The minimum atomic E-state index is -0.219. The number of anilines is 1. The van der Waals surface area contributed by atoms with Crippen LogP contribution in [0.2, 0.25) is 0 Å². The number of rotatable bonds is 2. The number of fused-ring (bicyclic) bond motifs is 1. The molecule has 1 saturated heterocycles. The molecule has 0 radical (unpaired) electrons. The Morgan fingerprint density at radius 3 is 3.11 bits per heavy atom. The lowest BCUT2D eigenvalue weighted by atomic mass is 10.1. The first-order valence-corrected chi connectivity index (χ1v) is 7.30. The summed E-state index contributed by atoms with van der Waals surface area (Å²) in [4.78, 5) is 4.25. The van der Waals surface area contributed by atoms with Crippen LogP contribution in [-0.4, -0.2) is 21.1 Å². The average Bonchev–Trinajstić information content (AvgIpc) is 2.92. The summed E-state index contributed by atoms with van der Waals surface area (Å²) in [5.74, 6) is 3.33. The van der Waals surface area contributed by atoms with Gasteiger partial charge in [-0.05, 0) is 42.4 Å². The molecule has 1 aromatic heterocycles. The van der Waals surface area contributed by atoms with Gasteiger partial charge in [-0.25, -0.2) is 9.37 Å². The molecule has 1 aromatic carbocycles. The lowest BCUT2D eigenvalue weighted by molar-refractivity contribution is 0.505. The molecule has 96 valence electrons. The van der Waals surface area contributed by atoms with Gasteiger partial charge in [0, 0.05) is 12.6 Å². The van der Waals surface area contributed by atoms with E-state index in [-0.39, 0.29) is 5.82 Å². The highest BCUT2D eigenvalue weighted by Crippen LogP contribution is 2.28. The first-order valence-electron chi connectivity index (χ1n) is 6.15. The third-order valence-electron chi connectivity index (χ3n) is 3.52. The summed E-state index contributed by atoms with van der Waals surface area (Å²) in [5.41, 5.74) is 8.20. The zero-order valence-corrected chi connectivity index (χ0v) is 11.1. The van der Waals surface area contributed by atoms with E-state index in [2.05, 4.69) is 4.98 Å². The molecular formula is C13H16FN3S. The van der Waals surface area contributed by atoms with Gasteiger partial charge in [-0.15, -0.1) is 0 Å². The summed E-state index contributed by atoms with van der Waals surface area (Å²) < 4.78 is 15.5. The molecule has 1 atom stereocenters. The van der Waals surface area contributed by atoms with E-state index < -0.39 is 0 Å². The van der Waals surface area contributed by atoms with Crippen LogP contribution in [-0.2, 0) is 6.54 Å². The second kappa shape index (κ2) is 4.46. The van der Waals surface area contributed by atoms with Gasteiger partial charge >= 0.3 is 0 Å². The molecular weight excluding hydrogens is 249 g/mol. The molecule has 2 heterocycles. The van der Waals surface area contributed by atoms with Gasteiger partial charge in [0.15, 0.2) is 0 Å². The number of imidazole rings is 1. The fourth-order valence-corrected chi connectivity index (χ4v) is 3.72. The van der Waals surface area contributed by atoms with Crippen LogP contribution in [0.3, 0.4) is 0 Å². The first-order chi connectivity index (χ1) is 8.65. The van der Waals surface area contributed by atoms with Crippen molar-refractivity contribution in [3.63, 3.8) is 0 Å². The van der Waals surface area contributed by atoms with Crippen molar-refractivity contribution in [2.75, 3.05) is 17.2 Å². The number of nitrogens with two attached hydrogens (primary N) is 1. The number of halogens is 1. The van der Waals surface area contributed by atoms with E-state index in [1.165, 1.54) is 24.0 Å². The van der Waals surface area contributed by atoms with Gasteiger partial charge in [-0.1, -0.05) is 0 Å². The number of hydrogen-bond acceptors (Lipinski definition) is 3. The molecule has 0 aliphatic carbocycles. The second-order valence-corrected chi connectivity index (χ2v) is 6.05. The van der Waals surface area contributed by atoms with Crippen LogP contribution < -0.4 is 5.73 Å². The van der Waals surface area contributed by atoms with E-state index in [0.717, 1.165) is 12.1 Å². The van der Waals surface area contributed by atoms with Gasteiger partial charge in [-0.3, -0.25) is 0 Å². The Bertz CT molecular complexity index is 587. The summed E-state index contributed by atoms with van der Waals surface area (Å²) in [6.07, 6.45) is 1.23. The van der Waals surface area contributed by atoms with Crippen LogP contribution in [0.5, 0.6) is 0 Å². The lowest BCUT2D eigenvalue weighted by Gasteiger charge is -2.12. The molecule has 3 nitrogen and oxygen atoms in total. The third kappa shape index (κ3) is 1.96. The van der Waals surface area contributed by atoms with Gasteiger partial charge < -0.3 is 10.3 Å². The Kier molecular flexibility index (Phi) is 2.93. The van der Waals surface area contributed by atoms with E-state index in [1.54, 1.807) is 6.92 Å². The maximum absolute atomic E-state index is 13.5. The Morgan fingerprint density at radius 2 is 2.39 bits per heavy atom.